The number of phosphoric acid groups is 1. The lowest BCUT2D eigenvalue weighted by Gasteiger charge is -2.28. The number of halogens is 3. The Balaban J connectivity index is 1.56. The highest BCUT2D eigenvalue weighted by Gasteiger charge is 2.57. The summed E-state index contributed by atoms with van der Waals surface area (Å²) in [4.78, 5) is 13.7. The van der Waals surface area contributed by atoms with Crippen molar-refractivity contribution in [2.24, 2.45) is 0 Å². The molecule has 0 aliphatic carbocycles. The van der Waals surface area contributed by atoms with E-state index in [-0.39, 0.29) is 17.9 Å². The molecule has 1 saturated heterocycles. The first-order valence-corrected chi connectivity index (χ1v) is 10.8. The molecule has 1 unspecified atom stereocenters. The smallest absolute Gasteiger partial charge is 0.404 e. The summed E-state index contributed by atoms with van der Waals surface area (Å²) in [7, 11) is -4.43. The molecule has 3 heterocycles. The zero-order valence-electron chi connectivity index (χ0n) is 16.2. The second-order valence-electron chi connectivity index (χ2n) is 6.56. The van der Waals surface area contributed by atoms with Gasteiger partial charge in [0.1, 0.15) is 35.4 Å². The van der Waals surface area contributed by atoms with Crippen LogP contribution < -0.4 is 10.1 Å². The van der Waals surface area contributed by atoms with Gasteiger partial charge in [0.2, 0.25) is 0 Å². The van der Waals surface area contributed by atoms with Crippen LogP contribution in [-0.4, -0.2) is 44.4 Å². The van der Waals surface area contributed by atoms with Crippen molar-refractivity contribution in [3.05, 3.63) is 55.9 Å². The first-order valence-electron chi connectivity index (χ1n) is 9.01. The number of benzene rings is 1. The van der Waals surface area contributed by atoms with Crippen molar-refractivity contribution in [1.29, 1.82) is 0 Å². The molecule has 0 saturated carbocycles. The van der Waals surface area contributed by atoms with Gasteiger partial charge in [0, 0.05) is 11.8 Å². The second-order valence-corrected chi connectivity index (χ2v) is 8.95. The third-order valence-corrected chi connectivity index (χ3v) is 6.31. The maximum Gasteiger partial charge on any atom is 0.530 e. The summed E-state index contributed by atoms with van der Waals surface area (Å²) in [6.45, 7) is -1.67. The average Bonchev–Trinajstić information content (AvgIpc) is 2.91. The number of nitrogens with zero attached hydrogens (tertiary/aromatic N) is 1. The van der Waals surface area contributed by atoms with Gasteiger partial charge in [0.15, 0.2) is 11.0 Å². The molecule has 5 atom stereocenters. The van der Waals surface area contributed by atoms with Crippen LogP contribution in [0.3, 0.4) is 0 Å². The van der Waals surface area contributed by atoms with E-state index in [4.69, 9.17) is 43.5 Å². The standard InChI is InChI=1S/C16H14ClF2N2O8PS/c17-9-4-21(15(31)20-13(9)24)14-11(22)12(23)16(19,28-14)6-27-30(25)26-5-7-3-8(18)1-2-10(7)29-30/h1-4,11-12,14,22-23H,5-6H2,(H,20,24,31)/t11-,12+,14-,16-,30?/m1/s1/i14D. The van der Waals surface area contributed by atoms with Gasteiger partial charge in [-0.25, -0.2) is 13.3 Å². The van der Waals surface area contributed by atoms with E-state index in [9.17, 15) is 24.0 Å². The highest BCUT2D eigenvalue weighted by Crippen LogP contribution is 2.55. The Morgan fingerprint density at radius 1 is 1.52 bits per heavy atom. The predicted molar refractivity (Wildman–Crippen MR) is 102 cm³/mol. The molecule has 1 aromatic heterocycles. The van der Waals surface area contributed by atoms with Gasteiger partial charge in [-0.1, -0.05) is 11.6 Å². The molecule has 1 fully saturated rings. The number of aromatic nitrogens is 2. The number of hydrogen-bond acceptors (Lipinski definition) is 9. The van der Waals surface area contributed by atoms with E-state index in [1.54, 1.807) is 0 Å². The molecule has 2 aliphatic heterocycles. The number of nitrogens with one attached hydrogen (secondary N) is 1. The van der Waals surface area contributed by atoms with Crippen molar-refractivity contribution in [2.45, 2.75) is 30.9 Å². The maximum atomic E-state index is 15.4. The molecule has 4 rings (SSSR count). The summed E-state index contributed by atoms with van der Waals surface area (Å²) in [5, 5.41) is 20.1. The normalized spacial score (nSPS) is 35.3. The van der Waals surface area contributed by atoms with Crippen molar-refractivity contribution in [3.63, 3.8) is 0 Å². The van der Waals surface area contributed by atoms with Crippen LogP contribution in [0.25, 0.3) is 0 Å². The number of aromatic amines is 1. The van der Waals surface area contributed by atoms with Gasteiger partial charge >= 0.3 is 7.82 Å². The maximum absolute atomic E-state index is 15.4. The van der Waals surface area contributed by atoms with Crippen molar-refractivity contribution < 1.29 is 43.2 Å². The van der Waals surface area contributed by atoms with E-state index in [2.05, 4.69) is 4.98 Å². The molecule has 2 aliphatic rings. The number of rotatable bonds is 4. The molecule has 3 N–H and O–H groups in total. The zero-order valence-corrected chi connectivity index (χ0v) is 17.6. The molecule has 2 aromatic rings. The van der Waals surface area contributed by atoms with Crippen LogP contribution in [0.4, 0.5) is 8.78 Å². The summed E-state index contributed by atoms with van der Waals surface area (Å²) in [5.74, 6) is -3.89. The monoisotopic (exact) mass is 499 g/mol. The second kappa shape index (κ2) is 8.01. The Hall–Kier alpha value is -1.70. The predicted octanol–water partition coefficient (Wildman–Crippen LogP) is 2.35. The molecular formula is C16H14ClF2N2O8PS. The third kappa shape index (κ3) is 4.20. The van der Waals surface area contributed by atoms with Crippen molar-refractivity contribution >= 4 is 31.6 Å². The highest BCUT2D eigenvalue weighted by atomic mass is 35.5. The van der Waals surface area contributed by atoms with E-state index in [0.29, 0.717) is 4.57 Å². The zero-order chi connectivity index (χ0) is 23.5. The molecule has 0 radical (unpaired) electrons. The van der Waals surface area contributed by atoms with Gasteiger partial charge in [-0.05, 0) is 30.4 Å². The van der Waals surface area contributed by atoms with Gasteiger partial charge in [0.25, 0.3) is 11.4 Å². The molecule has 0 bridgehead atoms. The number of hydrogen-bond donors (Lipinski definition) is 3. The Bertz CT molecular complexity index is 1250. The number of alkyl halides is 1. The van der Waals surface area contributed by atoms with Crippen LogP contribution in [0.1, 0.15) is 13.1 Å². The number of fused-ring (bicyclic) bond motifs is 1. The lowest BCUT2D eigenvalue weighted by Crippen LogP contribution is -2.43. The van der Waals surface area contributed by atoms with Crippen LogP contribution in [0.15, 0.2) is 29.2 Å². The molecule has 15 heteroatoms. The molecule has 10 nitrogen and oxygen atoms in total. The lowest BCUT2D eigenvalue weighted by molar-refractivity contribution is -0.205. The van der Waals surface area contributed by atoms with Crippen LogP contribution in [0, 0.1) is 10.6 Å². The third-order valence-electron chi connectivity index (χ3n) is 4.43. The number of phosphoric ester groups is 1. The molecule has 0 amide bonds. The number of ether oxygens (including phenoxy) is 1. The summed E-state index contributed by atoms with van der Waals surface area (Å²) >= 11 is 10.6. The fourth-order valence-corrected chi connectivity index (χ4v) is 4.47. The highest BCUT2D eigenvalue weighted by molar-refractivity contribution is 7.71. The van der Waals surface area contributed by atoms with Crippen LogP contribution in [0.5, 0.6) is 5.75 Å². The minimum absolute atomic E-state index is 0.0224. The number of H-pyrrole nitrogens is 1. The fourth-order valence-electron chi connectivity index (χ4n) is 2.86. The van der Waals surface area contributed by atoms with Gasteiger partial charge < -0.3 is 19.5 Å². The van der Waals surface area contributed by atoms with Crippen LogP contribution in [-0.2, 0) is 25.0 Å². The minimum atomic E-state index is -4.43. The van der Waals surface area contributed by atoms with Gasteiger partial charge in [-0.2, -0.15) is 0 Å². The fraction of sp³-hybridized carbons (Fsp3) is 0.375. The number of aliphatic hydroxyl groups is 2. The summed E-state index contributed by atoms with van der Waals surface area (Å²) < 4.78 is 69.8. The van der Waals surface area contributed by atoms with E-state index in [1.807, 2.05) is 0 Å². The molecular weight excluding hydrogens is 485 g/mol. The quantitative estimate of drug-likeness (QED) is 0.428. The number of aliphatic hydroxyl groups excluding tert-OH is 2. The molecule has 31 heavy (non-hydrogen) atoms. The van der Waals surface area contributed by atoms with Gasteiger partial charge in [-0.3, -0.25) is 23.4 Å². The Kier molecular flexibility index (Phi) is 5.47. The van der Waals surface area contributed by atoms with Crippen molar-refractivity contribution in [3.8, 4) is 5.75 Å². The Morgan fingerprint density at radius 2 is 2.26 bits per heavy atom. The van der Waals surface area contributed by atoms with E-state index in [1.165, 1.54) is 6.07 Å². The topological polar surface area (TPSA) is 132 Å². The first kappa shape index (κ1) is 21.2. The summed E-state index contributed by atoms with van der Waals surface area (Å²) in [5.41, 5.74) is -0.568. The Labute approximate surface area is 183 Å². The van der Waals surface area contributed by atoms with Crippen LogP contribution >= 0.6 is 31.6 Å². The van der Waals surface area contributed by atoms with Gasteiger partial charge in [-0.15, -0.1) is 0 Å². The van der Waals surface area contributed by atoms with Crippen LogP contribution in [0.2, 0.25) is 5.02 Å². The molecule has 168 valence electrons. The molecule has 1 aromatic carbocycles. The minimum Gasteiger partial charge on any atom is -0.404 e. The van der Waals surface area contributed by atoms with E-state index < -0.39 is 59.9 Å². The molecule has 0 spiro atoms. The Morgan fingerprint density at radius 3 is 3.00 bits per heavy atom. The van der Waals surface area contributed by atoms with E-state index in [0.717, 1.165) is 18.3 Å². The lowest BCUT2D eigenvalue weighted by atomic mass is 10.1. The first-order chi connectivity index (χ1) is 14.9. The van der Waals surface area contributed by atoms with E-state index >= 15 is 4.39 Å². The summed E-state index contributed by atoms with van der Waals surface area (Å²) in [6.07, 6.45) is -6.59. The van der Waals surface area contributed by atoms with Gasteiger partial charge in [0.05, 0.1) is 7.98 Å². The SMILES string of the molecule is [2H][C@@]1(n2cc(Cl)c(=O)[nH]c2=S)O[C@](F)(COP2(=O)OCc3cc(F)ccc3O2)[C@@H](O)[C@H]1O. The summed E-state index contributed by atoms with van der Waals surface area (Å²) in [6, 6.07) is 3.30. The average molecular weight is 500 g/mol. The van der Waals surface area contributed by atoms with Crippen molar-refractivity contribution in [2.75, 3.05) is 6.61 Å². The largest absolute Gasteiger partial charge is 0.530 e. The van der Waals surface area contributed by atoms with Crippen molar-refractivity contribution in [1.82, 2.24) is 9.55 Å².